The van der Waals surface area contributed by atoms with Crippen molar-refractivity contribution >= 4 is 5.91 Å². The summed E-state index contributed by atoms with van der Waals surface area (Å²) in [4.78, 5) is 12.3. The van der Waals surface area contributed by atoms with Gasteiger partial charge >= 0.3 is 0 Å². The third-order valence-corrected chi connectivity index (χ3v) is 4.74. The molecule has 6 heteroatoms. The molecular formula is C21H22N4O2. The predicted octanol–water partition coefficient (Wildman–Crippen LogP) is 2.90. The van der Waals surface area contributed by atoms with Crippen LogP contribution in [-0.4, -0.2) is 29.3 Å². The van der Waals surface area contributed by atoms with Crippen molar-refractivity contribution in [2.24, 2.45) is 0 Å². The van der Waals surface area contributed by atoms with Crippen molar-refractivity contribution in [2.75, 3.05) is 13.7 Å². The quantitative estimate of drug-likeness (QED) is 0.732. The normalized spacial score (nSPS) is 15.9. The summed E-state index contributed by atoms with van der Waals surface area (Å²) in [5.41, 5.74) is 4.68. The first-order chi connectivity index (χ1) is 13.1. The van der Waals surface area contributed by atoms with Crippen LogP contribution in [0.3, 0.4) is 0 Å². The molecule has 4 rings (SSSR count). The van der Waals surface area contributed by atoms with Crippen molar-refractivity contribution in [2.45, 2.75) is 19.6 Å². The second-order valence-corrected chi connectivity index (χ2v) is 6.68. The number of benzene rings is 2. The van der Waals surface area contributed by atoms with Crippen LogP contribution < -0.4 is 15.4 Å². The Labute approximate surface area is 158 Å². The van der Waals surface area contributed by atoms with Gasteiger partial charge in [-0.1, -0.05) is 42.0 Å². The fourth-order valence-corrected chi connectivity index (χ4v) is 3.21. The monoisotopic (exact) mass is 362 g/mol. The molecule has 138 valence electrons. The van der Waals surface area contributed by atoms with Gasteiger partial charge in [-0.05, 0) is 30.7 Å². The average molecular weight is 362 g/mol. The van der Waals surface area contributed by atoms with E-state index in [1.165, 1.54) is 5.56 Å². The van der Waals surface area contributed by atoms with Gasteiger partial charge in [0.25, 0.3) is 5.91 Å². The number of nitrogens with zero attached hydrogens (tertiary/aromatic N) is 2. The molecule has 0 radical (unpaired) electrons. The lowest BCUT2D eigenvalue weighted by molar-refractivity contribution is 0.0900. The molecule has 0 saturated carbocycles. The molecule has 1 aromatic heterocycles. The molecule has 3 aromatic rings. The lowest BCUT2D eigenvalue weighted by Gasteiger charge is -2.25. The first-order valence-electron chi connectivity index (χ1n) is 8.95. The van der Waals surface area contributed by atoms with Gasteiger partial charge in [0.05, 0.1) is 19.3 Å². The van der Waals surface area contributed by atoms with Crippen LogP contribution in [0.5, 0.6) is 5.75 Å². The van der Waals surface area contributed by atoms with E-state index in [0.717, 1.165) is 22.6 Å². The Hall–Kier alpha value is -3.12. The molecule has 2 aromatic carbocycles. The molecule has 6 nitrogen and oxygen atoms in total. The molecule has 0 bridgehead atoms. The fourth-order valence-electron chi connectivity index (χ4n) is 3.21. The number of carbonyl (C=O) groups is 1. The number of aromatic nitrogens is 2. The molecule has 27 heavy (non-hydrogen) atoms. The molecule has 0 fully saturated rings. The molecule has 0 spiro atoms. The Kier molecular flexibility index (Phi) is 4.64. The van der Waals surface area contributed by atoms with E-state index in [0.29, 0.717) is 18.8 Å². The maximum absolute atomic E-state index is 12.3. The maximum atomic E-state index is 12.3. The number of hydrogen-bond acceptors (Lipinski definition) is 4. The third kappa shape index (κ3) is 3.57. The summed E-state index contributed by atoms with van der Waals surface area (Å²) in [6.45, 7) is 3.19. The largest absolute Gasteiger partial charge is 0.497 e. The molecule has 1 aliphatic heterocycles. The summed E-state index contributed by atoms with van der Waals surface area (Å²) in [6, 6.07) is 17.9. The Bertz CT molecular complexity index is 963. The number of hydrogen-bond donors (Lipinski definition) is 2. The van der Waals surface area contributed by atoms with Gasteiger partial charge in [0, 0.05) is 12.1 Å². The molecule has 2 heterocycles. The highest BCUT2D eigenvalue weighted by Gasteiger charge is 2.27. The van der Waals surface area contributed by atoms with Crippen molar-refractivity contribution in [3.63, 3.8) is 0 Å². The SMILES string of the molecule is COc1cccc(CN[C@H]2CNC(=O)c3cc(-c4ccc(C)cc4)nn32)c1. The first-order valence-corrected chi connectivity index (χ1v) is 8.95. The molecule has 2 N–H and O–H groups in total. The smallest absolute Gasteiger partial charge is 0.269 e. The van der Waals surface area contributed by atoms with Gasteiger partial charge in [0.1, 0.15) is 17.6 Å². The first kappa shape index (κ1) is 17.3. The van der Waals surface area contributed by atoms with Crippen molar-refractivity contribution in [3.05, 3.63) is 71.4 Å². The van der Waals surface area contributed by atoms with Crippen molar-refractivity contribution in [1.29, 1.82) is 0 Å². The molecule has 1 atom stereocenters. The molecule has 1 aliphatic rings. The van der Waals surface area contributed by atoms with E-state index in [1.807, 2.05) is 61.5 Å². The zero-order valence-electron chi connectivity index (χ0n) is 15.4. The van der Waals surface area contributed by atoms with E-state index >= 15 is 0 Å². The van der Waals surface area contributed by atoms with Gasteiger partial charge in [-0.15, -0.1) is 0 Å². The average Bonchev–Trinajstić information content (AvgIpc) is 3.15. The number of rotatable bonds is 5. The summed E-state index contributed by atoms with van der Waals surface area (Å²) in [6.07, 6.45) is -0.108. The lowest BCUT2D eigenvalue weighted by Crippen LogP contribution is -2.45. The number of amides is 1. The molecular weight excluding hydrogens is 340 g/mol. The highest BCUT2D eigenvalue weighted by atomic mass is 16.5. The number of ether oxygens (including phenoxy) is 1. The molecule has 0 aliphatic carbocycles. The van der Waals surface area contributed by atoms with Crippen LogP contribution in [-0.2, 0) is 6.54 Å². The van der Waals surface area contributed by atoms with Crippen LogP contribution in [0.15, 0.2) is 54.6 Å². The summed E-state index contributed by atoms with van der Waals surface area (Å²) in [5, 5.41) is 11.1. The Morgan fingerprint density at radius 2 is 2.04 bits per heavy atom. The van der Waals surface area contributed by atoms with E-state index in [-0.39, 0.29) is 12.1 Å². The summed E-state index contributed by atoms with van der Waals surface area (Å²) in [5.74, 6) is 0.730. The number of carbonyl (C=O) groups excluding carboxylic acids is 1. The van der Waals surface area contributed by atoms with E-state index in [2.05, 4.69) is 10.6 Å². The van der Waals surface area contributed by atoms with Crippen LogP contribution in [0.2, 0.25) is 0 Å². The molecule has 0 unspecified atom stereocenters. The Morgan fingerprint density at radius 1 is 1.22 bits per heavy atom. The van der Waals surface area contributed by atoms with Gasteiger partial charge in [-0.3, -0.25) is 10.1 Å². The number of fused-ring (bicyclic) bond motifs is 1. The van der Waals surface area contributed by atoms with Crippen LogP contribution in [0.25, 0.3) is 11.3 Å². The minimum absolute atomic E-state index is 0.0970. The standard InChI is InChI=1S/C21H22N4O2/c1-14-6-8-16(9-7-14)18-11-19-21(26)23-13-20(25(19)24-18)22-12-15-4-3-5-17(10-15)27-2/h3-11,20,22H,12-13H2,1-2H3,(H,23,26)/t20-/m1/s1. The van der Waals surface area contributed by atoms with Crippen LogP contribution in [0.4, 0.5) is 0 Å². The second-order valence-electron chi connectivity index (χ2n) is 6.68. The summed E-state index contributed by atoms with van der Waals surface area (Å²) < 4.78 is 7.06. The topological polar surface area (TPSA) is 68.2 Å². The van der Waals surface area contributed by atoms with Crippen molar-refractivity contribution in [3.8, 4) is 17.0 Å². The minimum atomic E-state index is -0.108. The Balaban J connectivity index is 1.57. The van der Waals surface area contributed by atoms with Gasteiger partial charge in [0.2, 0.25) is 0 Å². The van der Waals surface area contributed by atoms with Crippen LogP contribution in [0, 0.1) is 6.92 Å². The zero-order valence-corrected chi connectivity index (χ0v) is 15.4. The van der Waals surface area contributed by atoms with E-state index in [9.17, 15) is 4.79 Å². The van der Waals surface area contributed by atoms with Gasteiger partial charge in [0.15, 0.2) is 0 Å². The van der Waals surface area contributed by atoms with Gasteiger partial charge in [-0.2, -0.15) is 5.10 Å². The van der Waals surface area contributed by atoms with E-state index in [1.54, 1.807) is 11.8 Å². The van der Waals surface area contributed by atoms with E-state index in [4.69, 9.17) is 9.84 Å². The van der Waals surface area contributed by atoms with Crippen LogP contribution >= 0.6 is 0 Å². The lowest BCUT2D eigenvalue weighted by atomic mass is 10.1. The van der Waals surface area contributed by atoms with E-state index < -0.39 is 0 Å². The highest BCUT2D eigenvalue weighted by molar-refractivity contribution is 5.94. The molecule has 0 saturated heterocycles. The molecule has 1 amide bonds. The minimum Gasteiger partial charge on any atom is -0.497 e. The summed E-state index contributed by atoms with van der Waals surface area (Å²) >= 11 is 0. The summed E-state index contributed by atoms with van der Waals surface area (Å²) in [7, 11) is 1.66. The zero-order chi connectivity index (χ0) is 18.8. The third-order valence-electron chi connectivity index (χ3n) is 4.74. The predicted molar refractivity (Wildman–Crippen MR) is 104 cm³/mol. The van der Waals surface area contributed by atoms with Crippen molar-refractivity contribution in [1.82, 2.24) is 20.4 Å². The van der Waals surface area contributed by atoms with Gasteiger partial charge < -0.3 is 10.1 Å². The maximum Gasteiger partial charge on any atom is 0.269 e. The fraction of sp³-hybridized carbons (Fsp3) is 0.238. The van der Waals surface area contributed by atoms with Gasteiger partial charge in [-0.25, -0.2) is 4.68 Å². The number of methoxy groups -OCH3 is 1. The highest BCUT2D eigenvalue weighted by Crippen LogP contribution is 2.23. The van der Waals surface area contributed by atoms with Crippen molar-refractivity contribution < 1.29 is 9.53 Å². The number of aryl methyl sites for hydroxylation is 1. The number of nitrogens with one attached hydrogen (secondary N) is 2. The van der Waals surface area contributed by atoms with Crippen LogP contribution in [0.1, 0.15) is 27.8 Å². The second kappa shape index (κ2) is 7.25. The Morgan fingerprint density at radius 3 is 2.81 bits per heavy atom.